The second-order valence-electron chi connectivity index (χ2n) is 3.68. The van der Waals surface area contributed by atoms with Gasteiger partial charge in [-0.3, -0.25) is 0 Å². The van der Waals surface area contributed by atoms with Gasteiger partial charge in [-0.1, -0.05) is 5.92 Å². The Morgan fingerprint density at radius 3 is 3.15 bits per heavy atom. The highest BCUT2D eigenvalue weighted by atomic mass is 16.5. The van der Waals surface area contributed by atoms with Gasteiger partial charge in [-0.05, 0) is 12.8 Å². The number of esters is 1. The smallest absolute Gasteiger partial charge is 0.384 e. The summed E-state index contributed by atoms with van der Waals surface area (Å²) in [5.74, 6) is 5.33. The van der Waals surface area contributed by atoms with Gasteiger partial charge in [0.25, 0.3) is 0 Å². The average Bonchev–Trinajstić information content (AvgIpc) is 2.56. The zero-order valence-corrected chi connectivity index (χ0v) is 7.63. The van der Waals surface area contributed by atoms with Crippen molar-refractivity contribution in [1.29, 1.82) is 0 Å². The molecule has 2 rings (SSSR count). The van der Waals surface area contributed by atoms with Crippen LogP contribution in [0.2, 0.25) is 0 Å². The fraction of sp³-hybridized carbons (Fsp3) is 0.700. The molecule has 2 atom stereocenters. The zero-order chi connectivity index (χ0) is 9.31. The minimum absolute atomic E-state index is 0.293. The van der Waals surface area contributed by atoms with Crippen LogP contribution in [0.15, 0.2) is 0 Å². The summed E-state index contributed by atoms with van der Waals surface area (Å²) in [5.41, 5.74) is 0.293. The summed E-state index contributed by atoms with van der Waals surface area (Å²) < 4.78 is 9.74. The van der Waals surface area contributed by atoms with Gasteiger partial charge in [-0.25, -0.2) is 4.79 Å². The Morgan fingerprint density at radius 1 is 1.69 bits per heavy atom. The normalized spacial score (nSPS) is 35.3. The molecule has 1 aliphatic heterocycles. The van der Waals surface area contributed by atoms with Crippen molar-refractivity contribution in [1.82, 2.24) is 0 Å². The van der Waals surface area contributed by atoms with Crippen molar-refractivity contribution in [2.75, 3.05) is 20.3 Å². The van der Waals surface area contributed by atoms with Crippen molar-refractivity contribution in [3.05, 3.63) is 0 Å². The van der Waals surface area contributed by atoms with Crippen LogP contribution in [0.3, 0.4) is 0 Å². The topological polar surface area (TPSA) is 35.5 Å². The number of carbonyl (C=O) groups is 1. The number of hydrogen-bond donors (Lipinski definition) is 0. The van der Waals surface area contributed by atoms with E-state index >= 15 is 0 Å². The Balaban J connectivity index is 1.91. The summed E-state index contributed by atoms with van der Waals surface area (Å²) in [5, 5.41) is 0. The third-order valence-corrected chi connectivity index (χ3v) is 2.86. The minimum Gasteiger partial charge on any atom is -0.459 e. The monoisotopic (exact) mass is 180 g/mol. The molecule has 0 bridgehead atoms. The van der Waals surface area contributed by atoms with Crippen LogP contribution >= 0.6 is 0 Å². The molecule has 2 aliphatic rings. The molecule has 13 heavy (non-hydrogen) atoms. The molecule has 0 aromatic rings. The standard InChI is InChI=1S/C10H12O3/c1-12-9(11)3-2-8-6-10(8)4-5-13-7-10/h8H,4-7H2,1H3. The number of hydrogen-bond acceptors (Lipinski definition) is 3. The van der Waals surface area contributed by atoms with Crippen LogP contribution < -0.4 is 0 Å². The summed E-state index contributed by atoms with van der Waals surface area (Å²) in [4.78, 5) is 10.7. The molecule has 0 amide bonds. The minimum atomic E-state index is -0.444. The van der Waals surface area contributed by atoms with E-state index in [4.69, 9.17) is 4.74 Å². The lowest BCUT2D eigenvalue weighted by atomic mass is 10.0. The van der Waals surface area contributed by atoms with Crippen LogP contribution in [0, 0.1) is 23.2 Å². The van der Waals surface area contributed by atoms with Gasteiger partial charge in [0.15, 0.2) is 0 Å². The van der Waals surface area contributed by atoms with Crippen molar-refractivity contribution in [3.63, 3.8) is 0 Å². The van der Waals surface area contributed by atoms with Crippen molar-refractivity contribution in [2.24, 2.45) is 11.3 Å². The molecule has 3 heteroatoms. The molecule has 1 spiro atoms. The van der Waals surface area contributed by atoms with Gasteiger partial charge in [0.05, 0.1) is 13.7 Å². The van der Waals surface area contributed by atoms with E-state index in [1.807, 2.05) is 0 Å². The number of rotatable bonds is 0. The maximum absolute atomic E-state index is 10.7. The zero-order valence-electron chi connectivity index (χ0n) is 7.63. The van der Waals surface area contributed by atoms with Gasteiger partial charge in [0.1, 0.15) is 0 Å². The first-order valence-electron chi connectivity index (χ1n) is 4.44. The molecule has 3 nitrogen and oxygen atoms in total. The first-order valence-corrected chi connectivity index (χ1v) is 4.44. The van der Waals surface area contributed by atoms with Crippen molar-refractivity contribution in [3.8, 4) is 11.8 Å². The van der Waals surface area contributed by atoms with E-state index in [0.717, 1.165) is 26.1 Å². The summed E-state index contributed by atoms with van der Waals surface area (Å²) >= 11 is 0. The molecule has 0 aromatic carbocycles. The Bertz CT molecular complexity index is 278. The fourth-order valence-electron chi connectivity index (χ4n) is 1.81. The quantitative estimate of drug-likeness (QED) is 0.311. The lowest BCUT2D eigenvalue weighted by Gasteiger charge is -1.99. The first kappa shape index (κ1) is 8.58. The van der Waals surface area contributed by atoms with Gasteiger partial charge in [-0.2, -0.15) is 0 Å². The van der Waals surface area contributed by atoms with Gasteiger partial charge >= 0.3 is 5.97 Å². The second kappa shape index (κ2) is 3.04. The Kier molecular flexibility index (Phi) is 2.01. The van der Waals surface area contributed by atoms with Gasteiger partial charge in [-0.15, -0.1) is 0 Å². The molecule has 0 radical (unpaired) electrons. The molecular weight excluding hydrogens is 168 g/mol. The third kappa shape index (κ3) is 1.54. The van der Waals surface area contributed by atoms with Crippen LogP contribution in [0.1, 0.15) is 12.8 Å². The van der Waals surface area contributed by atoms with Gasteiger partial charge < -0.3 is 9.47 Å². The largest absolute Gasteiger partial charge is 0.459 e. The highest BCUT2D eigenvalue weighted by Crippen LogP contribution is 2.57. The Morgan fingerprint density at radius 2 is 2.54 bits per heavy atom. The van der Waals surface area contributed by atoms with E-state index in [1.165, 1.54) is 7.11 Å². The number of carbonyl (C=O) groups excluding carboxylic acids is 1. The fourth-order valence-corrected chi connectivity index (χ4v) is 1.81. The second-order valence-corrected chi connectivity index (χ2v) is 3.68. The third-order valence-electron chi connectivity index (χ3n) is 2.86. The molecule has 0 N–H and O–H groups in total. The van der Waals surface area contributed by atoms with Crippen LogP contribution in [-0.4, -0.2) is 26.3 Å². The SMILES string of the molecule is COC(=O)C#CC1CC12CCOC2. The molecule has 70 valence electrons. The van der Waals surface area contributed by atoms with Crippen molar-refractivity contribution in [2.45, 2.75) is 12.8 Å². The van der Waals surface area contributed by atoms with Crippen molar-refractivity contribution >= 4 is 5.97 Å². The molecule has 2 unspecified atom stereocenters. The lowest BCUT2D eigenvalue weighted by Crippen LogP contribution is -2.02. The Labute approximate surface area is 77.4 Å². The van der Waals surface area contributed by atoms with Crippen LogP contribution in [-0.2, 0) is 14.3 Å². The van der Waals surface area contributed by atoms with E-state index in [9.17, 15) is 4.79 Å². The number of ether oxygens (including phenoxy) is 2. The van der Waals surface area contributed by atoms with E-state index in [1.54, 1.807) is 0 Å². The maximum Gasteiger partial charge on any atom is 0.384 e. The molecule has 1 saturated heterocycles. The summed E-state index contributed by atoms with van der Waals surface area (Å²) in [6.07, 6.45) is 2.17. The maximum atomic E-state index is 10.7. The van der Waals surface area contributed by atoms with Gasteiger partial charge in [0.2, 0.25) is 0 Å². The Hall–Kier alpha value is -1.01. The summed E-state index contributed by atoms with van der Waals surface area (Å²) in [7, 11) is 1.35. The predicted molar refractivity (Wildman–Crippen MR) is 45.8 cm³/mol. The summed E-state index contributed by atoms with van der Waals surface area (Å²) in [6, 6.07) is 0. The predicted octanol–water partition coefficient (Wildman–Crippen LogP) is 0.589. The van der Waals surface area contributed by atoms with Crippen LogP contribution in [0.25, 0.3) is 0 Å². The summed E-state index contributed by atoms with van der Waals surface area (Å²) in [6.45, 7) is 1.66. The van der Waals surface area contributed by atoms with Gasteiger partial charge in [0, 0.05) is 23.9 Å². The molecule has 1 heterocycles. The van der Waals surface area contributed by atoms with E-state index < -0.39 is 5.97 Å². The number of methoxy groups -OCH3 is 1. The molecule has 2 fully saturated rings. The highest BCUT2D eigenvalue weighted by Gasteiger charge is 2.55. The molecule has 1 aliphatic carbocycles. The highest BCUT2D eigenvalue weighted by molar-refractivity contribution is 5.88. The van der Waals surface area contributed by atoms with Crippen LogP contribution in [0.5, 0.6) is 0 Å². The van der Waals surface area contributed by atoms with E-state index in [0.29, 0.717) is 11.3 Å². The lowest BCUT2D eigenvalue weighted by molar-refractivity contribution is -0.133. The first-order chi connectivity index (χ1) is 6.27. The van der Waals surface area contributed by atoms with Crippen molar-refractivity contribution < 1.29 is 14.3 Å². The van der Waals surface area contributed by atoms with E-state index in [-0.39, 0.29) is 0 Å². The van der Waals surface area contributed by atoms with E-state index in [2.05, 4.69) is 16.6 Å². The van der Waals surface area contributed by atoms with Crippen LogP contribution in [0.4, 0.5) is 0 Å². The molecule has 0 aromatic heterocycles. The molecule has 1 saturated carbocycles. The molecular formula is C10H12O3. The average molecular weight is 180 g/mol.